The van der Waals surface area contributed by atoms with E-state index in [2.05, 4.69) is 18.7 Å². The molecule has 0 atom stereocenters. The Kier molecular flexibility index (Phi) is 6.53. The first-order valence-electron chi connectivity index (χ1n) is 6.82. The summed E-state index contributed by atoms with van der Waals surface area (Å²) in [6.45, 7) is 6.70. The SMILES string of the molecule is CCCCCN(CCCC)c1ccc(O)cc1. The smallest absolute Gasteiger partial charge is 0.115 e. The first-order valence-corrected chi connectivity index (χ1v) is 6.82. The fourth-order valence-electron chi connectivity index (χ4n) is 1.94. The van der Waals surface area contributed by atoms with Gasteiger partial charge in [0, 0.05) is 18.8 Å². The van der Waals surface area contributed by atoms with E-state index < -0.39 is 0 Å². The van der Waals surface area contributed by atoms with Crippen LogP contribution in [0.2, 0.25) is 0 Å². The van der Waals surface area contributed by atoms with Gasteiger partial charge in [0.25, 0.3) is 0 Å². The predicted octanol–water partition coefficient (Wildman–Crippen LogP) is 4.19. The second kappa shape index (κ2) is 7.99. The van der Waals surface area contributed by atoms with Gasteiger partial charge in [0.2, 0.25) is 0 Å². The third kappa shape index (κ3) is 5.12. The zero-order valence-electron chi connectivity index (χ0n) is 11.2. The molecule has 0 saturated carbocycles. The first kappa shape index (κ1) is 13.9. The van der Waals surface area contributed by atoms with Crippen LogP contribution in [-0.4, -0.2) is 18.2 Å². The highest BCUT2D eigenvalue weighted by Crippen LogP contribution is 2.19. The van der Waals surface area contributed by atoms with Gasteiger partial charge in [-0.05, 0) is 37.1 Å². The molecule has 0 aliphatic rings. The molecule has 17 heavy (non-hydrogen) atoms. The van der Waals surface area contributed by atoms with E-state index in [0.717, 1.165) is 13.1 Å². The van der Waals surface area contributed by atoms with Gasteiger partial charge < -0.3 is 10.0 Å². The molecule has 0 bridgehead atoms. The van der Waals surface area contributed by atoms with E-state index in [1.165, 1.54) is 37.8 Å². The molecule has 1 aromatic carbocycles. The van der Waals surface area contributed by atoms with Crippen molar-refractivity contribution in [3.63, 3.8) is 0 Å². The Hall–Kier alpha value is -1.18. The summed E-state index contributed by atoms with van der Waals surface area (Å²) in [6.07, 6.45) is 6.26. The number of anilines is 1. The molecule has 0 fully saturated rings. The summed E-state index contributed by atoms with van der Waals surface area (Å²) in [7, 11) is 0. The van der Waals surface area contributed by atoms with Gasteiger partial charge in [0.05, 0.1) is 0 Å². The zero-order chi connectivity index (χ0) is 12.5. The van der Waals surface area contributed by atoms with Gasteiger partial charge >= 0.3 is 0 Å². The average Bonchev–Trinajstić information content (AvgIpc) is 2.35. The molecule has 0 amide bonds. The summed E-state index contributed by atoms with van der Waals surface area (Å²) >= 11 is 0. The molecule has 1 aromatic rings. The Morgan fingerprint density at radius 3 is 2.06 bits per heavy atom. The fourth-order valence-corrected chi connectivity index (χ4v) is 1.94. The molecule has 0 unspecified atom stereocenters. The predicted molar refractivity (Wildman–Crippen MR) is 74.8 cm³/mol. The molecule has 1 N–H and O–H groups in total. The molecule has 0 heterocycles. The molecule has 0 spiro atoms. The lowest BCUT2D eigenvalue weighted by molar-refractivity contribution is 0.475. The van der Waals surface area contributed by atoms with Crippen LogP contribution in [0.1, 0.15) is 46.0 Å². The van der Waals surface area contributed by atoms with E-state index in [-0.39, 0.29) is 0 Å². The number of aromatic hydroxyl groups is 1. The average molecular weight is 235 g/mol. The van der Waals surface area contributed by atoms with Crippen LogP contribution in [0.5, 0.6) is 5.75 Å². The second-order valence-electron chi connectivity index (χ2n) is 4.56. The quantitative estimate of drug-likeness (QED) is 0.683. The van der Waals surface area contributed by atoms with Crippen LogP contribution in [0.15, 0.2) is 24.3 Å². The standard InChI is InChI=1S/C15H25NO/c1-3-5-7-13-16(12-6-4-2)14-8-10-15(17)11-9-14/h8-11,17H,3-7,12-13H2,1-2H3. The Balaban J connectivity index is 2.57. The van der Waals surface area contributed by atoms with E-state index in [1.807, 2.05) is 12.1 Å². The zero-order valence-corrected chi connectivity index (χ0v) is 11.2. The first-order chi connectivity index (χ1) is 8.27. The van der Waals surface area contributed by atoms with E-state index in [1.54, 1.807) is 12.1 Å². The maximum absolute atomic E-state index is 9.31. The number of benzene rings is 1. The lowest BCUT2D eigenvalue weighted by atomic mass is 10.2. The largest absolute Gasteiger partial charge is 0.508 e. The van der Waals surface area contributed by atoms with Crippen LogP contribution in [-0.2, 0) is 0 Å². The van der Waals surface area contributed by atoms with E-state index in [9.17, 15) is 5.11 Å². The van der Waals surface area contributed by atoms with Crippen LogP contribution in [0.25, 0.3) is 0 Å². The molecule has 0 aliphatic heterocycles. The molecule has 96 valence electrons. The Morgan fingerprint density at radius 1 is 0.882 bits per heavy atom. The van der Waals surface area contributed by atoms with Crippen molar-refractivity contribution < 1.29 is 5.11 Å². The van der Waals surface area contributed by atoms with Crippen LogP contribution in [0, 0.1) is 0 Å². The van der Waals surface area contributed by atoms with Gasteiger partial charge in [-0.15, -0.1) is 0 Å². The Morgan fingerprint density at radius 2 is 1.47 bits per heavy atom. The summed E-state index contributed by atoms with van der Waals surface area (Å²) in [5, 5.41) is 9.31. The van der Waals surface area contributed by atoms with E-state index >= 15 is 0 Å². The van der Waals surface area contributed by atoms with Crippen molar-refractivity contribution in [2.45, 2.75) is 46.0 Å². The molecule has 0 aliphatic carbocycles. The second-order valence-corrected chi connectivity index (χ2v) is 4.56. The minimum absolute atomic E-state index is 0.345. The van der Waals surface area contributed by atoms with Crippen molar-refractivity contribution in [1.29, 1.82) is 0 Å². The minimum atomic E-state index is 0.345. The molecular formula is C15H25NO. The maximum Gasteiger partial charge on any atom is 0.115 e. The third-order valence-corrected chi connectivity index (χ3v) is 3.03. The van der Waals surface area contributed by atoms with Gasteiger partial charge in [0.1, 0.15) is 5.75 Å². The number of phenols is 1. The lowest BCUT2D eigenvalue weighted by Crippen LogP contribution is -2.25. The van der Waals surface area contributed by atoms with Gasteiger partial charge in [-0.1, -0.05) is 33.1 Å². The maximum atomic E-state index is 9.31. The summed E-state index contributed by atoms with van der Waals surface area (Å²) in [6, 6.07) is 7.57. The molecule has 2 heteroatoms. The number of rotatable bonds is 8. The molecule has 1 rings (SSSR count). The van der Waals surface area contributed by atoms with Gasteiger partial charge in [0.15, 0.2) is 0 Å². The van der Waals surface area contributed by atoms with Crippen LogP contribution in [0.3, 0.4) is 0 Å². The van der Waals surface area contributed by atoms with Gasteiger partial charge in [-0.25, -0.2) is 0 Å². The van der Waals surface area contributed by atoms with Gasteiger partial charge in [-0.2, -0.15) is 0 Å². The Bertz CT molecular complexity index is 294. The monoisotopic (exact) mass is 235 g/mol. The summed E-state index contributed by atoms with van der Waals surface area (Å²) in [5.41, 5.74) is 1.23. The lowest BCUT2D eigenvalue weighted by Gasteiger charge is -2.24. The molecule has 0 radical (unpaired) electrons. The number of unbranched alkanes of at least 4 members (excludes halogenated alkanes) is 3. The molecular weight excluding hydrogens is 210 g/mol. The van der Waals surface area contributed by atoms with E-state index in [0.29, 0.717) is 5.75 Å². The van der Waals surface area contributed by atoms with Crippen molar-refractivity contribution in [1.82, 2.24) is 0 Å². The highest BCUT2D eigenvalue weighted by molar-refractivity contribution is 5.48. The van der Waals surface area contributed by atoms with Crippen molar-refractivity contribution in [3.05, 3.63) is 24.3 Å². The van der Waals surface area contributed by atoms with E-state index in [4.69, 9.17) is 0 Å². The van der Waals surface area contributed by atoms with Gasteiger partial charge in [-0.3, -0.25) is 0 Å². The minimum Gasteiger partial charge on any atom is -0.508 e. The normalized spacial score (nSPS) is 10.5. The molecule has 0 saturated heterocycles. The highest BCUT2D eigenvalue weighted by Gasteiger charge is 2.05. The van der Waals surface area contributed by atoms with Crippen LogP contribution in [0.4, 0.5) is 5.69 Å². The highest BCUT2D eigenvalue weighted by atomic mass is 16.3. The van der Waals surface area contributed by atoms with Crippen LogP contribution < -0.4 is 4.90 Å². The number of hydrogen-bond donors (Lipinski definition) is 1. The third-order valence-electron chi connectivity index (χ3n) is 3.03. The van der Waals surface area contributed by atoms with Crippen molar-refractivity contribution in [2.24, 2.45) is 0 Å². The van der Waals surface area contributed by atoms with Crippen molar-refractivity contribution in [3.8, 4) is 5.75 Å². The Labute approximate surface area is 105 Å². The number of hydrogen-bond acceptors (Lipinski definition) is 2. The molecule has 0 aromatic heterocycles. The summed E-state index contributed by atoms with van der Waals surface area (Å²) < 4.78 is 0. The van der Waals surface area contributed by atoms with Crippen LogP contribution >= 0.6 is 0 Å². The number of nitrogens with zero attached hydrogens (tertiary/aromatic N) is 1. The summed E-state index contributed by atoms with van der Waals surface area (Å²) in [5.74, 6) is 0.345. The van der Waals surface area contributed by atoms with Crippen molar-refractivity contribution >= 4 is 5.69 Å². The fraction of sp³-hybridized carbons (Fsp3) is 0.600. The molecule has 2 nitrogen and oxygen atoms in total. The topological polar surface area (TPSA) is 23.5 Å². The number of phenolic OH excluding ortho intramolecular Hbond substituents is 1. The van der Waals surface area contributed by atoms with Crippen molar-refractivity contribution in [2.75, 3.05) is 18.0 Å². The summed E-state index contributed by atoms with van der Waals surface area (Å²) in [4.78, 5) is 2.43.